The quantitative estimate of drug-likeness (QED) is 0.787. The van der Waals surface area contributed by atoms with Gasteiger partial charge in [0.25, 0.3) is 0 Å². The molecule has 2 N–H and O–H groups in total. The topological polar surface area (TPSA) is 46.3 Å². The van der Waals surface area contributed by atoms with Gasteiger partial charge in [-0.2, -0.15) is 0 Å². The summed E-state index contributed by atoms with van der Waals surface area (Å²) in [6.07, 6.45) is 1.89. The first kappa shape index (κ1) is 15.9. The van der Waals surface area contributed by atoms with Crippen LogP contribution in [0.1, 0.15) is 31.7 Å². The molecule has 0 heterocycles. The molecule has 0 aromatic heterocycles. The van der Waals surface area contributed by atoms with E-state index >= 15 is 0 Å². The minimum Gasteiger partial charge on any atom is -0.393 e. The molecule has 0 fully saturated rings. The summed E-state index contributed by atoms with van der Waals surface area (Å²) in [5, 5.41) is 0.673. The Balaban J connectivity index is 2.75. The van der Waals surface area contributed by atoms with Gasteiger partial charge in [-0.25, -0.2) is 0 Å². The highest BCUT2D eigenvalue weighted by molar-refractivity contribution is 7.80. The van der Waals surface area contributed by atoms with Crippen molar-refractivity contribution in [3.05, 3.63) is 34.9 Å². The second-order valence-electron chi connectivity index (χ2n) is 4.37. The maximum atomic E-state index is 12.1. The zero-order valence-electron chi connectivity index (χ0n) is 11.1. The van der Waals surface area contributed by atoms with E-state index in [4.69, 9.17) is 29.6 Å². The molecule has 0 atom stereocenters. The van der Waals surface area contributed by atoms with E-state index in [1.54, 1.807) is 4.90 Å². The van der Waals surface area contributed by atoms with E-state index in [0.717, 1.165) is 12.0 Å². The van der Waals surface area contributed by atoms with Gasteiger partial charge >= 0.3 is 0 Å². The molecular weight excluding hydrogens is 280 g/mol. The molecule has 0 bridgehead atoms. The van der Waals surface area contributed by atoms with Gasteiger partial charge in [0.05, 0.1) is 4.99 Å². The smallest absolute Gasteiger partial charge is 0.222 e. The normalized spacial score (nSPS) is 10.2. The van der Waals surface area contributed by atoms with Gasteiger partial charge in [-0.05, 0) is 18.1 Å². The van der Waals surface area contributed by atoms with Crippen molar-refractivity contribution in [1.29, 1.82) is 0 Å². The summed E-state index contributed by atoms with van der Waals surface area (Å²) >= 11 is 11.0. The number of amides is 1. The Morgan fingerprint density at radius 1 is 1.37 bits per heavy atom. The third-order valence-electron chi connectivity index (χ3n) is 2.76. The molecule has 0 saturated carbocycles. The van der Waals surface area contributed by atoms with Crippen molar-refractivity contribution in [3.63, 3.8) is 0 Å². The van der Waals surface area contributed by atoms with Gasteiger partial charge in [-0.3, -0.25) is 4.79 Å². The van der Waals surface area contributed by atoms with Crippen LogP contribution in [-0.4, -0.2) is 22.3 Å². The highest BCUT2D eigenvalue weighted by Gasteiger charge is 2.14. The maximum Gasteiger partial charge on any atom is 0.222 e. The van der Waals surface area contributed by atoms with Crippen LogP contribution in [0.2, 0.25) is 5.02 Å². The van der Waals surface area contributed by atoms with Crippen LogP contribution in [-0.2, 0) is 11.3 Å². The number of hydrogen-bond donors (Lipinski definition) is 1. The van der Waals surface area contributed by atoms with E-state index in [2.05, 4.69) is 0 Å². The predicted octanol–water partition coefficient (Wildman–Crippen LogP) is 3.14. The largest absolute Gasteiger partial charge is 0.393 e. The molecule has 1 aromatic rings. The average Bonchev–Trinajstić information content (AvgIpc) is 2.36. The Bertz CT molecular complexity index is 451. The Labute approximate surface area is 124 Å². The number of thiocarbonyl (C=S) groups is 1. The second-order valence-corrected chi connectivity index (χ2v) is 5.30. The SMILES string of the molecule is CCCC(=O)N(CCC(N)=S)Cc1ccccc1Cl. The molecule has 0 unspecified atom stereocenters. The van der Waals surface area contributed by atoms with Crippen molar-refractivity contribution >= 4 is 34.7 Å². The fraction of sp³-hybridized carbons (Fsp3) is 0.429. The average molecular weight is 299 g/mol. The van der Waals surface area contributed by atoms with E-state index in [9.17, 15) is 4.79 Å². The minimum absolute atomic E-state index is 0.110. The lowest BCUT2D eigenvalue weighted by Crippen LogP contribution is -2.33. The molecule has 1 rings (SSSR count). The Hall–Kier alpha value is -1.13. The summed E-state index contributed by atoms with van der Waals surface area (Å²) < 4.78 is 0. The van der Waals surface area contributed by atoms with E-state index in [1.807, 2.05) is 31.2 Å². The first-order chi connectivity index (χ1) is 9.04. The molecular formula is C14H19ClN2OS. The maximum absolute atomic E-state index is 12.1. The van der Waals surface area contributed by atoms with Crippen LogP contribution in [0.4, 0.5) is 0 Å². The summed E-state index contributed by atoms with van der Waals surface area (Å²) in [6, 6.07) is 7.54. The summed E-state index contributed by atoms with van der Waals surface area (Å²) in [5.41, 5.74) is 6.45. The molecule has 1 aromatic carbocycles. The molecule has 0 aliphatic heterocycles. The number of halogens is 1. The van der Waals surface area contributed by atoms with E-state index < -0.39 is 0 Å². The van der Waals surface area contributed by atoms with Gasteiger partial charge in [0.1, 0.15) is 0 Å². The van der Waals surface area contributed by atoms with Crippen LogP contribution < -0.4 is 5.73 Å². The number of rotatable bonds is 7. The van der Waals surface area contributed by atoms with Crippen LogP contribution in [0.25, 0.3) is 0 Å². The molecule has 19 heavy (non-hydrogen) atoms. The first-order valence-electron chi connectivity index (χ1n) is 6.34. The Kier molecular flexibility index (Phi) is 6.81. The molecule has 1 amide bonds. The van der Waals surface area contributed by atoms with Gasteiger partial charge in [0, 0.05) is 31.0 Å². The van der Waals surface area contributed by atoms with Gasteiger partial charge in [0.2, 0.25) is 5.91 Å². The van der Waals surface area contributed by atoms with Crippen LogP contribution >= 0.6 is 23.8 Å². The molecule has 3 nitrogen and oxygen atoms in total. The highest BCUT2D eigenvalue weighted by atomic mass is 35.5. The highest BCUT2D eigenvalue weighted by Crippen LogP contribution is 2.17. The summed E-state index contributed by atoms with van der Waals surface area (Å²) in [7, 11) is 0. The molecule has 0 saturated heterocycles. The number of nitrogens with two attached hydrogens (primary N) is 1. The zero-order valence-corrected chi connectivity index (χ0v) is 12.6. The monoisotopic (exact) mass is 298 g/mol. The number of hydrogen-bond acceptors (Lipinski definition) is 2. The lowest BCUT2D eigenvalue weighted by Gasteiger charge is -2.23. The van der Waals surface area contributed by atoms with Crippen molar-refractivity contribution in [2.75, 3.05) is 6.54 Å². The standard InChI is InChI=1S/C14H19ClN2OS/c1-2-5-14(18)17(9-8-13(16)19)10-11-6-3-4-7-12(11)15/h3-4,6-7H,2,5,8-10H2,1H3,(H2,16,19). The van der Waals surface area contributed by atoms with Gasteiger partial charge < -0.3 is 10.6 Å². The molecule has 0 aliphatic carbocycles. The van der Waals surface area contributed by atoms with Crippen LogP contribution in [0, 0.1) is 0 Å². The van der Waals surface area contributed by atoms with Crippen LogP contribution in [0.5, 0.6) is 0 Å². The molecule has 104 valence electrons. The number of carbonyl (C=O) groups is 1. The van der Waals surface area contributed by atoms with Crippen LogP contribution in [0.15, 0.2) is 24.3 Å². The third kappa shape index (κ3) is 5.57. The van der Waals surface area contributed by atoms with E-state index in [-0.39, 0.29) is 5.91 Å². The summed E-state index contributed by atoms with van der Waals surface area (Å²) in [5.74, 6) is 0.110. The lowest BCUT2D eigenvalue weighted by atomic mass is 10.2. The number of carbonyl (C=O) groups excluding carboxylic acids is 1. The third-order valence-corrected chi connectivity index (χ3v) is 3.34. The van der Waals surface area contributed by atoms with Crippen molar-refractivity contribution in [2.45, 2.75) is 32.7 Å². The Morgan fingerprint density at radius 2 is 2.05 bits per heavy atom. The second kappa shape index (κ2) is 8.12. The van der Waals surface area contributed by atoms with E-state index in [1.165, 1.54) is 0 Å². The van der Waals surface area contributed by atoms with Crippen molar-refractivity contribution in [2.24, 2.45) is 5.73 Å². The van der Waals surface area contributed by atoms with Crippen molar-refractivity contribution in [1.82, 2.24) is 4.90 Å². The van der Waals surface area contributed by atoms with Gasteiger partial charge in [0.15, 0.2) is 0 Å². The fourth-order valence-electron chi connectivity index (χ4n) is 1.74. The molecule has 0 radical (unpaired) electrons. The molecule has 0 spiro atoms. The molecule has 0 aliphatic rings. The molecule has 5 heteroatoms. The van der Waals surface area contributed by atoms with Crippen molar-refractivity contribution < 1.29 is 4.79 Å². The fourth-order valence-corrected chi connectivity index (χ4v) is 2.03. The number of nitrogens with zero attached hydrogens (tertiary/aromatic N) is 1. The zero-order chi connectivity index (χ0) is 14.3. The number of benzene rings is 1. The summed E-state index contributed by atoms with van der Waals surface area (Å²) in [6.45, 7) is 3.03. The predicted molar refractivity (Wildman–Crippen MR) is 83.2 cm³/mol. The lowest BCUT2D eigenvalue weighted by molar-refractivity contribution is -0.131. The Morgan fingerprint density at radius 3 is 2.63 bits per heavy atom. The van der Waals surface area contributed by atoms with Crippen LogP contribution in [0.3, 0.4) is 0 Å². The van der Waals surface area contributed by atoms with E-state index in [0.29, 0.717) is 35.9 Å². The van der Waals surface area contributed by atoms with Gasteiger partial charge in [-0.1, -0.05) is 48.9 Å². The first-order valence-corrected chi connectivity index (χ1v) is 7.12. The summed E-state index contributed by atoms with van der Waals surface area (Å²) in [4.78, 5) is 14.3. The van der Waals surface area contributed by atoms with Gasteiger partial charge in [-0.15, -0.1) is 0 Å². The van der Waals surface area contributed by atoms with Crippen molar-refractivity contribution in [3.8, 4) is 0 Å². The minimum atomic E-state index is 0.110.